The Bertz CT molecular complexity index is 711. The molecular weight excluding hydrogens is 342 g/mol. The average molecular weight is 372 g/mol. The van der Waals surface area contributed by atoms with Gasteiger partial charge in [-0.05, 0) is 56.4 Å². The maximum atomic E-state index is 5.95. The monoisotopic (exact) mass is 371 g/mol. The molecule has 1 unspecified atom stereocenters. The van der Waals surface area contributed by atoms with Crippen molar-refractivity contribution in [1.82, 2.24) is 9.88 Å². The van der Waals surface area contributed by atoms with E-state index >= 15 is 0 Å². The van der Waals surface area contributed by atoms with Crippen LogP contribution in [0.25, 0.3) is 0 Å². The molecule has 2 saturated heterocycles. The molecule has 0 bridgehead atoms. The summed E-state index contributed by atoms with van der Waals surface area (Å²) in [7, 11) is 0. The normalized spacial score (nSPS) is 22.3. The second-order valence-electron chi connectivity index (χ2n) is 7.44. The van der Waals surface area contributed by atoms with Crippen LogP contribution < -0.4 is 4.90 Å². The van der Waals surface area contributed by atoms with Crippen LogP contribution in [-0.2, 0) is 11.3 Å². The fourth-order valence-electron chi connectivity index (χ4n) is 4.03. The molecule has 0 spiro atoms. The molecule has 2 aromatic rings. The maximum Gasteiger partial charge on any atom is 0.0916 e. The molecule has 0 radical (unpaired) electrons. The summed E-state index contributed by atoms with van der Waals surface area (Å²) in [4.78, 5) is 12.2. The lowest BCUT2D eigenvalue weighted by atomic mass is 10.1. The first-order chi connectivity index (χ1) is 12.8. The third-order valence-corrected chi connectivity index (χ3v) is 6.64. The fraction of sp³-hybridized carbons (Fsp3) is 0.571. The van der Waals surface area contributed by atoms with Gasteiger partial charge in [-0.3, -0.25) is 9.88 Å². The van der Waals surface area contributed by atoms with Crippen molar-refractivity contribution in [3.63, 3.8) is 0 Å². The molecule has 2 aliphatic rings. The number of thiophene rings is 1. The molecule has 4 rings (SSSR count). The number of pyridine rings is 1. The number of ether oxygens (including phenoxy) is 1. The van der Waals surface area contributed by atoms with E-state index in [1.165, 1.54) is 53.2 Å². The third kappa shape index (κ3) is 4.27. The van der Waals surface area contributed by atoms with Crippen molar-refractivity contribution < 1.29 is 4.74 Å². The molecule has 0 amide bonds. The molecular formula is C21H29N3OS. The van der Waals surface area contributed by atoms with E-state index in [0.717, 1.165) is 32.8 Å². The molecule has 5 heteroatoms. The number of nitrogens with zero attached hydrogens (tertiary/aromatic N) is 3. The summed E-state index contributed by atoms with van der Waals surface area (Å²) in [5.74, 6) is 0. The Morgan fingerprint density at radius 2 is 2.08 bits per heavy atom. The molecule has 4 nitrogen and oxygen atoms in total. The van der Waals surface area contributed by atoms with E-state index < -0.39 is 0 Å². The second kappa shape index (κ2) is 8.51. The second-order valence-corrected chi connectivity index (χ2v) is 8.64. The van der Waals surface area contributed by atoms with E-state index in [9.17, 15) is 0 Å². The van der Waals surface area contributed by atoms with Crippen LogP contribution in [0.3, 0.4) is 0 Å². The van der Waals surface area contributed by atoms with Gasteiger partial charge in [0.25, 0.3) is 0 Å². The van der Waals surface area contributed by atoms with Crippen LogP contribution in [0.4, 0.5) is 5.69 Å². The van der Waals surface area contributed by atoms with Crippen molar-refractivity contribution in [2.75, 3.05) is 37.7 Å². The van der Waals surface area contributed by atoms with Gasteiger partial charge in [0.05, 0.1) is 6.10 Å². The zero-order valence-corrected chi connectivity index (χ0v) is 16.5. The minimum absolute atomic E-state index is 0.344. The summed E-state index contributed by atoms with van der Waals surface area (Å²) in [5.41, 5.74) is 2.62. The number of aromatic nitrogens is 1. The zero-order valence-electron chi connectivity index (χ0n) is 15.7. The highest BCUT2D eigenvalue weighted by atomic mass is 32.1. The van der Waals surface area contributed by atoms with E-state index in [-0.39, 0.29) is 0 Å². The van der Waals surface area contributed by atoms with Crippen molar-refractivity contribution in [2.24, 2.45) is 0 Å². The van der Waals surface area contributed by atoms with E-state index in [4.69, 9.17) is 4.74 Å². The minimum Gasteiger partial charge on any atom is -0.373 e. The summed E-state index contributed by atoms with van der Waals surface area (Å²) < 4.78 is 5.95. The number of anilines is 1. The Morgan fingerprint density at radius 1 is 1.12 bits per heavy atom. The van der Waals surface area contributed by atoms with E-state index in [1.807, 2.05) is 23.7 Å². The predicted molar refractivity (Wildman–Crippen MR) is 108 cm³/mol. The minimum atomic E-state index is 0.344. The topological polar surface area (TPSA) is 28.6 Å². The summed E-state index contributed by atoms with van der Waals surface area (Å²) in [6, 6.07) is 6.76. The molecule has 0 aliphatic carbocycles. The van der Waals surface area contributed by atoms with E-state index in [0.29, 0.717) is 6.10 Å². The molecule has 140 valence electrons. The highest BCUT2D eigenvalue weighted by Gasteiger charge is 2.20. The Balaban J connectivity index is 1.35. The van der Waals surface area contributed by atoms with Crippen molar-refractivity contribution in [3.05, 3.63) is 45.9 Å². The summed E-state index contributed by atoms with van der Waals surface area (Å²) in [5, 5.41) is 0. The number of hydrogen-bond acceptors (Lipinski definition) is 5. The molecule has 4 heterocycles. The number of hydrogen-bond donors (Lipinski definition) is 0. The number of rotatable bonds is 4. The molecule has 2 fully saturated rings. The predicted octanol–water partition coefficient (Wildman–Crippen LogP) is 4.41. The highest BCUT2D eigenvalue weighted by Crippen LogP contribution is 2.33. The van der Waals surface area contributed by atoms with Crippen LogP contribution in [0.5, 0.6) is 0 Å². The van der Waals surface area contributed by atoms with Gasteiger partial charge in [0.15, 0.2) is 0 Å². The lowest BCUT2D eigenvalue weighted by molar-refractivity contribution is 0.0172. The Kier molecular flexibility index (Phi) is 5.88. The van der Waals surface area contributed by atoms with Gasteiger partial charge in [0.2, 0.25) is 0 Å². The van der Waals surface area contributed by atoms with Gasteiger partial charge in [0, 0.05) is 67.2 Å². The van der Waals surface area contributed by atoms with Gasteiger partial charge >= 0.3 is 0 Å². The van der Waals surface area contributed by atoms with Crippen molar-refractivity contribution in [3.8, 4) is 0 Å². The quantitative estimate of drug-likeness (QED) is 0.796. The Hall–Kier alpha value is -1.43. The van der Waals surface area contributed by atoms with Gasteiger partial charge in [-0.1, -0.05) is 0 Å². The van der Waals surface area contributed by atoms with Crippen LogP contribution in [-0.4, -0.2) is 42.7 Å². The van der Waals surface area contributed by atoms with E-state index in [1.54, 1.807) is 0 Å². The first-order valence-electron chi connectivity index (χ1n) is 9.88. The lowest BCUT2D eigenvalue weighted by Crippen LogP contribution is -2.30. The standard InChI is InChI=1S/C21H29N3OS/c1-17-15-22-9-8-19(17)24-11-4-10-23(12-13-24)16-18-6-7-21(26-18)20-5-2-3-14-25-20/h6-9,15,20H,2-5,10-14,16H2,1H3. The van der Waals surface area contributed by atoms with Crippen LogP contribution in [0.2, 0.25) is 0 Å². The van der Waals surface area contributed by atoms with Crippen LogP contribution >= 0.6 is 11.3 Å². The highest BCUT2D eigenvalue weighted by molar-refractivity contribution is 7.12. The van der Waals surface area contributed by atoms with Crippen LogP contribution in [0.15, 0.2) is 30.6 Å². The third-order valence-electron chi connectivity index (χ3n) is 5.48. The lowest BCUT2D eigenvalue weighted by Gasteiger charge is -2.25. The fourth-order valence-corrected chi connectivity index (χ4v) is 5.17. The molecule has 1 atom stereocenters. The summed E-state index contributed by atoms with van der Waals surface area (Å²) >= 11 is 1.95. The average Bonchev–Trinajstić information content (AvgIpc) is 3.02. The van der Waals surface area contributed by atoms with Gasteiger partial charge in [-0.15, -0.1) is 11.3 Å². The Morgan fingerprint density at radius 3 is 2.92 bits per heavy atom. The zero-order chi connectivity index (χ0) is 17.8. The van der Waals surface area contributed by atoms with Crippen molar-refractivity contribution in [2.45, 2.75) is 45.3 Å². The molecule has 26 heavy (non-hydrogen) atoms. The molecule has 0 aromatic carbocycles. The van der Waals surface area contributed by atoms with Gasteiger partial charge < -0.3 is 9.64 Å². The van der Waals surface area contributed by atoms with Crippen molar-refractivity contribution >= 4 is 17.0 Å². The Labute approximate surface area is 160 Å². The summed E-state index contributed by atoms with van der Waals surface area (Å²) in [6.45, 7) is 8.67. The van der Waals surface area contributed by atoms with Crippen LogP contribution in [0, 0.1) is 6.92 Å². The van der Waals surface area contributed by atoms with Crippen molar-refractivity contribution in [1.29, 1.82) is 0 Å². The largest absolute Gasteiger partial charge is 0.373 e. The first-order valence-corrected chi connectivity index (χ1v) is 10.7. The molecule has 0 N–H and O–H groups in total. The van der Waals surface area contributed by atoms with Gasteiger partial charge in [-0.25, -0.2) is 0 Å². The van der Waals surface area contributed by atoms with E-state index in [2.05, 4.69) is 39.9 Å². The maximum absolute atomic E-state index is 5.95. The van der Waals surface area contributed by atoms with Gasteiger partial charge in [0.1, 0.15) is 0 Å². The van der Waals surface area contributed by atoms with Crippen LogP contribution in [0.1, 0.15) is 47.1 Å². The van der Waals surface area contributed by atoms with Gasteiger partial charge in [-0.2, -0.15) is 0 Å². The molecule has 2 aliphatic heterocycles. The smallest absolute Gasteiger partial charge is 0.0916 e. The summed E-state index contributed by atoms with van der Waals surface area (Å²) in [6.07, 6.45) is 9.14. The SMILES string of the molecule is Cc1cnccc1N1CCCN(Cc2ccc(C3CCCCO3)s2)CC1. The first kappa shape index (κ1) is 18.0. The molecule has 2 aromatic heterocycles. The number of aryl methyl sites for hydroxylation is 1. The molecule has 0 saturated carbocycles.